The minimum absolute atomic E-state index is 0.0303. The lowest BCUT2D eigenvalue weighted by atomic mass is 10.1. The van der Waals surface area contributed by atoms with E-state index in [1.807, 2.05) is 17.5 Å². The summed E-state index contributed by atoms with van der Waals surface area (Å²) in [6.45, 7) is 1.74. The molecule has 0 spiro atoms. The van der Waals surface area contributed by atoms with Crippen LogP contribution in [0.25, 0.3) is 21.8 Å². The lowest BCUT2D eigenvalue weighted by molar-refractivity contribution is 0.100. The molecule has 0 aliphatic heterocycles. The Morgan fingerprint density at radius 3 is 2.79 bits per heavy atom. The summed E-state index contributed by atoms with van der Waals surface area (Å²) in [4.78, 5) is 30.4. The highest BCUT2D eigenvalue weighted by Crippen LogP contribution is 2.31. The number of carbonyl (C=O) groups excluding carboxylic acids is 1. The number of amides is 1. The van der Waals surface area contributed by atoms with Gasteiger partial charge in [-0.3, -0.25) is 9.59 Å². The summed E-state index contributed by atoms with van der Waals surface area (Å²) >= 11 is 1.36. The molecule has 0 aliphatic carbocycles. The summed E-state index contributed by atoms with van der Waals surface area (Å²) in [5, 5.41) is 11.5. The summed E-state index contributed by atoms with van der Waals surface area (Å²) in [5.74, 6) is -0.519. The molecule has 0 saturated carbocycles. The highest BCUT2D eigenvalue weighted by Gasteiger charge is 2.15. The third kappa shape index (κ3) is 2.71. The Hall–Kier alpha value is -3.24. The lowest BCUT2D eigenvalue weighted by Crippen LogP contribution is -2.12. The van der Waals surface area contributed by atoms with Gasteiger partial charge in [-0.05, 0) is 19.1 Å². The van der Waals surface area contributed by atoms with Gasteiger partial charge in [0.1, 0.15) is 16.6 Å². The number of hydrogen-bond donors (Lipinski definition) is 2. The van der Waals surface area contributed by atoms with Gasteiger partial charge in [-0.25, -0.2) is 4.98 Å². The second-order valence-electron chi connectivity index (χ2n) is 5.11. The van der Waals surface area contributed by atoms with E-state index in [2.05, 4.69) is 9.97 Å². The van der Waals surface area contributed by atoms with E-state index in [0.717, 1.165) is 0 Å². The van der Waals surface area contributed by atoms with Crippen molar-refractivity contribution in [1.29, 1.82) is 5.26 Å². The number of H-pyrrole nitrogens is 1. The van der Waals surface area contributed by atoms with Crippen LogP contribution in [-0.4, -0.2) is 15.9 Å². The van der Waals surface area contributed by atoms with Crippen LogP contribution >= 0.6 is 11.3 Å². The van der Waals surface area contributed by atoms with E-state index in [1.165, 1.54) is 17.4 Å². The minimum atomic E-state index is -0.519. The highest BCUT2D eigenvalue weighted by molar-refractivity contribution is 7.13. The summed E-state index contributed by atoms with van der Waals surface area (Å²) in [7, 11) is 0. The molecule has 2 aromatic heterocycles. The first-order valence-corrected chi connectivity index (χ1v) is 7.88. The van der Waals surface area contributed by atoms with Crippen LogP contribution in [0.5, 0.6) is 0 Å². The van der Waals surface area contributed by atoms with Crippen LogP contribution in [0.3, 0.4) is 0 Å². The summed E-state index contributed by atoms with van der Waals surface area (Å²) < 4.78 is 0. The zero-order chi connectivity index (χ0) is 17.3. The Morgan fingerprint density at radius 1 is 1.33 bits per heavy atom. The van der Waals surface area contributed by atoms with E-state index in [9.17, 15) is 9.59 Å². The highest BCUT2D eigenvalue weighted by atomic mass is 32.1. The first-order valence-electron chi connectivity index (χ1n) is 7.00. The predicted molar refractivity (Wildman–Crippen MR) is 91.6 cm³/mol. The lowest BCUT2D eigenvalue weighted by Gasteiger charge is -2.04. The Balaban J connectivity index is 2.12. The first kappa shape index (κ1) is 15.6. The number of aromatic nitrogens is 2. The fourth-order valence-electron chi connectivity index (χ4n) is 2.38. The van der Waals surface area contributed by atoms with Crippen LogP contribution in [-0.2, 0) is 0 Å². The maximum Gasteiger partial charge on any atom is 0.266 e. The molecular formula is C17H12N4O2S. The van der Waals surface area contributed by atoms with Crippen molar-refractivity contribution in [3.05, 3.63) is 62.9 Å². The topological polar surface area (TPSA) is 113 Å². The number of nitrogens with two attached hydrogens (primary N) is 1. The third-order valence-electron chi connectivity index (χ3n) is 3.56. The molecule has 1 aromatic carbocycles. The number of primary amides is 1. The molecule has 0 unspecified atom stereocenters. The normalized spacial score (nSPS) is 10.3. The maximum absolute atomic E-state index is 11.7. The van der Waals surface area contributed by atoms with E-state index in [0.29, 0.717) is 33.1 Å². The average molecular weight is 336 g/mol. The molecule has 0 fully saturated rings. The van der Waals surface area contributed by atoms with Crippen molar-refractivity contribution in [2.24, 2.45) is 5.73 Å². The van der Waals surface area contributed by atoms with Gasteiger partial charge in [0.25, 0.3) is 5.56 Å². The maximum atomic E-state index is 11.7. The number of nitrogens with one attached hydrogen (secondary N) is 1. The summed E-state index contributed by atoms with van der Waals surface area (Å²) in [6.07, 6.45) is 0. The van der Waals surface area contributed by atoms with Crippen LogP contribution in [0.1, 0.15) is 21.6 Å². The molecule has 2 heterocycles. The van der Waals surface area contributed by atoms with Gasteiger partial charge in [0.2, 0.25) is 5.91 Å². The molecule has 24 heavy (non-hydrogen) atoms. The zero-order valence-electron chi connectivity index (χ0n) is 12.7. The Kier molecular flexibility index (Phi) is 3.98. The number of thiazole rings is 1. The van der Waals surface area contributed by atoms with Crippen molar-refractivity contribution >= 4 is 17.2 Å². The van der Waals surface area contributed by atoms with E-state index >= 15 is 0 Å². The number of hydrogen-bond acceptors (Lipinski definition) is 5. The van der Waals surface area contributed by atoms with Crippen LogP contribution < -0.4 is 11.3 Å². The molecular weight excluding hydrogens is 324 g/mol. The number of nitrogens with zero attached hydrogens (tertiary/aromatic N) is 2. The number of aryl methyl sites for hydroxylation is 1. The van der Waals surface area contributed by atoms with Crippen LogP contribution in [0.15, 0.2) is 40.5 Å². The van der Waals surface area contributed by atoms with Crippen molar-refractivity contribution in [3.63, 3.8) is 0 Å². The minimum Gasteiger partial charge on any atom is -0.366 e. The molecule has 0 aliphatic rings. The van der Waals surface area contributed by atoms with Gasteiger partial charge < -0.3 is 10.7 Å². The van der Waals surface area contributed by atoms with Gasteiger partial charge in [0.05, 0.1) is 5.69 Å². The SMILES string of the molecule is Cc1[nH]c(=O)c(C#N)cc1-c1csc(-c2ccccc2C(N)=O)n1. The molecule has 0 radical (unpaired) electrons. The van der Waals surface area contributed by atoms with Gasteiger partial charge >= 0.3 is 0 Å². The first-order chi connectivity index (χ1) is 11.5. The van der Waals surface area contributed by atoms with Gasteiger partial charge in [-0.2, -0.15) is 5.26 Å². The number of nitriles is 1. The van der Waals surface area contributed by atoms with Gasteiger partial charge in [0.15, 0.2) is 0 Å². The van der Waals surface area contributed by atoms with Crippen LogP contribution in [0.2, 0.25) is 0 Å². The summed E-state index contributed by atoms with van der Waals surface area (Å²) in [5.41, 5.74) is 7.99. The zero-order valence-corrected chi connectivity index (χ0v) is 13.5. The second kappa shape index (κ2) is 6.10. The Labute approximate surface area is 141 Å². The fourth-order valence-corrected chi connectivity index (χ4v) is 3.24. The van der Waals surface area contributed by atoms with Crippen molar-refractivity contribution in [2.45, 2.75) is 6.92 Å². The van der Waals surface area contributed by atoms with E-state index in [1.54, 1.807) is 25.1 Å². The van der Waals surface area contributed by atoms with Crippen molar-refractivity contribution in [3.8, 4) is 27.9 Å². The number of benzene rings is 1. The van der Waals surface area contributed by atoms with Crippen molar-refractivity contribution in [2.75, 3.05) is 0 Å². The van der Waals surface area contributed by atoms with Crippen LogP contribution in [0.4, 0.5) is 0 Å². The number of rotatable bonds is 3. The largest absolute Gasteiger partial charge is 0.366 e. The molecule has 7 heteroatoms. The molecule has 6 nitrogen and oxygen atoms in total. The Bertz CT molecular complexity index is 1040. The second-order valence-corrected chi connectivity index (χ2v) is 5.97. The summed E-state index contributed by atoms with van der Waals surface area (Å²) in [6, 6.07) is 10.4. The van der Waals surface area contributed by atoms with Crippen molar-refractivity contribution < 1.29 is 4.79 Å². The molecule has 3 aromatic rings. The van der Waals surface area contributed by atoms with E-state index in [4.69, 9.17) is 11.0 Å². The van der Waals surface area contributed by atoms with E-state index in [-0.39, 0.29) is 5.56 Å². The number of aromatic amines is 1. The van der Waals surface area contributed by atoms with Crippen molar-refractivity contribution in [1.82, 2.24) is 9.97 Å². The van der Waals surface area contributed by atoms with Gasteiger partial charge in [-0.15, -0.1) is 11.3 Å². The molecule has 118 valence electrons. The number of carbonyl (C=O) groups is 1. The fraction of sp³-hybridized carbons (Fsp3) is 0.0588. The number of pyridine rings is 1. The molecule has 0 saturated heterocycles. The van der Waals surface area contributed by atoms with Crippen LogP contribution in [0, 0.1) is 18.3 Å². The third-order valence-corrected chi connectivity index (χ3v) is 4.44. The van der Waals surface area contributed by atoms with Gasteiger partial charge in [0, 0.05) is 27.8 Å². The monoisotopic (exact) mass is 336 g/mol. The standard InChI is InChI=1S/C17H12N4O2S/c1-9-13(6-10(7-18)16(23)20-9)14-8-24-17(21-14)12-5-3-2-4-11(12)15(19)22/h2-6,8H,1H3,(H2,19,22)(H,20,23). The Morgan fingerprint density at radius 2 is 2.08 bits per heavy atom. The quantitative estimate of drug-likeness (QED) is 0.764. The molecule has 0 bridgehead atoms. The molecule has 0 atom stereocenters. The van der Waals surface area contributed by atoms with E-state index < -0.39 is 11.5 Å². The molecule has 1 amide bonds. The molecule has 3 N–H and O–H groups in total. The smallest absolute Gasteiger partial charge is 0.266 e. The predicted octanol–water partition coefficient (Wildman–Crippen LogP) is 2.44. The van der Waals surface area contributed by atoms with Gasteiger partial charge in [-0.1, -0.05) is 18.2 Å². The molecule has 3 rings (SSSR count). The average Bonchev–Trinajstić information content (AvgIpc) is 3.04.